The van der Waals surface area contributed by atoms with Crippen LogP contribution in [-0.4, -0.2) is 28.4 Å². The highest BCUT2D eigenvalue weighted by Crippen LogP contribution is 2.33. The molecule has 1 aliphatic heterocycles. The minimum atomic E-state index is -0.711. The highest BCUT2D eigenvalue weighted by Gasteiger charge is 2.39. The Labute approximate surface area is 148 Å². The van der Waals surface area contributed by atoms with Crippen molar-refractivity contribution in [3.05, 3.63) is 75.5 Å². The standard InChI is InChI=1S/C18H13Cl2NO3/c19-12-6-7-13(14(20)10-12)15-16(22)18(24)21(17(15)23)9-8-11-4-2-1-3-5-11/h1-7,10,22H,8-9H2. The fraction of sp³-hybridized carbons (Fsp3) is 0.111. The quantitative estimate of drug-likeness (QED) is 0.840. The van der Waals surface area contributed by atoms with Gasteiger partial charge in [0.15, 0.2) is 5.76 Å². The number of imide groups is 1. The number of rotatable bonds is 4. The molecule has 2 aromatic carbocycles. The van der Waals surface area contributed by atoms with Crippen molar-refractivity contribution in [3.8, 4) is 0 Å². The van der Waals surface area contributed by atoms with Gasteiger partial charge in [0.2, 0.25) is 0 Å². The van der Waals surface area contributed by atoms with Gasteiger partial charge in [-0.1, -0.05) is 59.6 Å². The largest absolute Gasteiger partial charge is 0.502 e. The zero-order valence-corrected chi connectivity index (χ0v) is 14.0. The second-order valence-electron chi connectivity index (χ2n) is 5.35. The van der Waals surface area contributed by atoms with Crippen molar-refractivity contribution in [1.29, 1.82) is 0 Å². The molecule has 1 N–H and O–H groups in total. The van der Waals surface area contributed by atoms with Crippen LogP contribution in [0.4, 0.5) is 0 Å². The summed E-state index contributed by atoms with van der Waals surface area (Å²) < 4.78 is 0. The number of hydrogen-bond acceptors (Lipinski definition) is 3. The van der Waals surface area contributed by atoms with Gasteiger partial charge in [-0.15, -0.1) is 0 Å². The van der Waals surface area contributed by atoms with Crippen LogP contribution in [0.5, 0.6) is 0 Å². The zero-order chi connectivity index (χ0) is 17.3. The molecule has 0 spiro atoms. The first-order valence-corrected chi connectivity index (χ1v) is 8.03. The zero-order valence-electron chi connectivity index (χ0n) is 12.5. The van der Waals surface area contributed by atoms with Crippen LogP contribution in [0.2, 0.25) is 10.0 Å². The first kappa shape index (κ1) is 16.6. The lowest BCUT2D eigenvalue weighted by Gasteiger charge is -2.14. The molecule has 0 fully saturated rings. The number of carbonyl (C=O) groups is 2. The van der Waals surface area contributed by atoms with Crippen molar-refractivity contribution in [2.24, 2.45) is 0 Å². The Morgan fingerprint density at radius 1 is 0.958 bits per heavy atom. The third kappa shape index (κ3) is 3.03. The smallest absolute Gasteiger partial charge is 0.296 e. The van der Waals surface area contributed by atoms with Crippen LogP contribution in [0.15, 0.2) is 54.3 Å². The molecule has 3 rings (SSSR count). The van der Waals surface area contributed by atoms with E-state index in [1.54, 1.807) is 6.07 Å². The Bertz CT molecular complexity index is 847. The maximum atomic E-state index is 12.6. The van der Waals surface area contributed by atoms with Gasteiger partial charge in [0, 0.05) is 17.1 Å². The summed E-state index contributed by atoms with van der Waals surface area (Å²) >= 11 is 11.9. The van der Waals surface area contributed by atoms with Crippen molar-refractivity contribution in [1.82, 2.24) is 4.90 Å². The molecule has 122 valence electrons. The Balaban J connectivity index is 1.85. The van der Waals surface area contributed by atoms with Crippen molar-refractivity contribution in [2.75, 3.05) is 6.54 Å². The summed E-state index contributed by atoms with van der Waals surface area (Å²) in [6.45, 7) is 0.181. The van der Waals surface area contributed by atoms with Crippen LogP contribution in [-0.2, 0) is 16.0 Å². The number of carbonyl (C=O) groups excluding carboxylic acids is 2. The van der Waals surface area contributed by atoms with E-state index in [0.717, 1.165) is 10.5 Å². The SMILES string of the molecule is O=C1C(O)=C(c2ccc(Cl)cc2Cl)C(=O)N1CCc1ccccc1. The Hall–Kier alpha value is -2.30. The fourth-order valence-corrected chi connectivity index (χ4v) is 3.09. The van der Waals surface area contributed by atoms with Gasteiger partial charge in [-0.3, -0.25) is 14.5 Å². The van der Waals surface area contributed by atoms with Crippen molar-refractivity contribution in [3.63, 3.8) is 0 Å². The Morgan fingerprint density at radius 2 is 1.67 bits per heavy atom. The highest BCUT2D eigenvalue weighted by atomic mass is 35.5. The average Bonchev–Trinajstić information content (AvgIpc) is 2.77. The molecule has 24 heavy (non-hydrogen) atoms. The Morgan fingerprint density at radius 3 is 2.33 bits per heavy atom. The molecule has 4 nitrogen and oxygen atoms in total. The minimum absolute atomic E-state index is 0.0882. The molecule has 2 aromatic rings. The van der Waals surface area contributed by atoms with Crippen LogP contribution in [0.25, 0.3) is 5.57 Å². The van der Waals surface area contributed by atoms with Gasteiger partial charge in [0.25, 0.3) is 11.8 Å². The highest BCUT2D eigenvalue weighted by molar-refractivity contribution is 6.40. The maximum absolute atomic E-state index is 12.6. The van der Waals surface area contributed by atoms with Gasteiger partial charge in [0.05, 0.1) is 10.6 Å². The molecule has 0 aliphatic carbocycles. The van der Waals surface area contributed by atoms with Crippen LogP contribution in [0.1, 0.15) is 11.1 Å². The lowest BCUT2D eigenvalue weighted by molar-refractivity contribution is -0.138. The lowest BCUT2D eigenvalue weighted by atomic mass is 10.1. The van der Waals surface area contributed by atoms with Gasteiger partial charge in [-0.25, -0.2) is 0 Å². The molecule has 0 aromatic heterocycles. The number of halogens is 2. The summed E-state index contributed by atoms with van der Waals surface area (Å²) in [5.74, 6) is -1.85. The number of aliphatic hydroxyl groups is 1. The number of aliphatic hydroxyl groups excluding tert-OH is 1. The van der Waals surface area contributed by atoms with Crippen molar-refractivity contribution < 1.29 is 14.7 Å². The van der Waals surface area contributed by atoms with E-state index in [0.29, 0.717) is 17.0 Å². The van der Waals surface area contributed by atoms with Crippen LogP contribution >= 0.6 is 23.2 Å². The second kappa shape index (κ2) is 6.67. The number of benzene rings is 2. The van der Waals surface area contributed by atoms with Crippen molar-refractivity contribution in [2.45, 2.75) is 6.42 Å². The van der Waals surface area contributed by atoms with Gasteiger partial charge < -0.3 is 5.11 Å². The lowest BCUT2D eigenvalue weighted by Crippen LogP contribution is -2.33. The average molecular weight is 362 g/mol. The molecule has 1 heterocycles. The maximum Gasteiger partial charge on any atom is 0.296 e. The summed E-state index contributed by atoms with van der Waals surface area (Å²) in [6, 6.07) is 14.0. The van der Waals surface area contributed by atoms with E-state index < -0.39 is 17.6 Å². The molecule has 1 aliphatic rings. The third-order valence-corrected chi connectivity index (χ3v) is 4.36. The minimum Gasteiger partial charge on any atom is -0.502 e. The predicted molar refractivity (Wildman–Crippen MR) is 92.9 cm³/mol. The first-order chi connectivity index (χ1) is 11.5. The van der Waals surface area contributed by atoms with E-state index in [9.17, 15) is 14.7 Å². The Kier molecular flexibility index (Phi) is 4.60. The van der Waals surface area contributed by atoms with Gasteiger partial charge in [-0.05, 0) is 24.1 Å². The van der Waals surface area contributed by atoms with E-state index in [1.807, 2.05) is 30.3 Å². The third-order valence-electron chi connectivity index (χ3n) is 3.81. The number of amides is 2. The molecule has 2 amide bonds. The predicted octanol–water partition coefficient (Wildman–Crippen LogP) is 3.87. The van der Waals surface area contributed by atoms with Gasteiger partial charge in [-0.2, -0.15) is 0 Å². The number of nitrogens with zero attached hydrogens (tertiary/aromatic N) is 1. The molecule has 0 saturated carbocycles. The fourth-order valence-electron chi connectivity index (χ4n) is 2.59. The molecule has 6 heteroatoms. The summed E-state index contributed by atoms with van der Waals surface area (Å²) in [5, 5.41) is 10.7. The van der Waals surface area contributed by atoms with E-state index in [2.05, 4.69) is 0 Å². The van der Waals surface area contributed by atoms with Gasteiger partial charge >= 0.3 is 0 Å². The molecule has 0 unspecified atom stereocenters. The molecule has 0 atom stereocenters. The summed E-state index contributed by atoms with van der Waals surface area (Å²) in [7, 11) is 0. The molecule has 0 saturated heterocycles. The van der Waals surface area contributed by atoms with E-state index in [4.69, 9.17) is 23.2 Å². The van der Waals surface area contributed by atoms with E-state index in [-0.39, 0.29) is 17.1 Å². The summed E-state index contributed by atoms with van der Waals surface area (Å²) in [6.07, 6.45) is 0.507. The normalized spacial score (nSPS) is 14.7. The summed E-state index contributed by atoms with van der Waals surface area (Å²) in [5.41, 5.74) is 1.20. The van der Waals surface area contributed by atoms with E-state index in [1.165, 1.54) is 12.1 Å². The van der Waals surface area contributed by atoms with Crippen molar-refractivity contribution >= 4 is 40.6 Å². The van der Waals surface area contributed by atoms with E-state index >= 15 is 0 Å². The molecule has 0 radical (unpaired) electrons. The van der Waals surface area contributed by atoms with Gasteiger partial charge in [0.1, 0.15) is 0 Å². The molecule has 0 bridgehead atoms. The van der Waals surface area contributed by atoms with Crippen LogP contribution in [0, 0.1) is 0 Å². The molecular formula is C18H13Cl2NO3. The molecular weight excluding hydrogens is 349 g/mol. The van der Waals surface area contributed by atoms with Crippen LogP contribution < -0.4 is 0 Å². The number of hydrogen-bond donors (Lipinski definition) is 1. The van der Waals surface area contributed by atoms with Crippen LogP contribution in [0.3, 0.4) is 0 Å². The second-order valence-corrected chi connectivity index (χ2v) is 6.19. The monoisotopic (exact) mass is 361 g/mol. The summed E-state index contributed by atoms with van der Waals surface area (Å²) in [4.78, 5) is 25.8. The first-order valence-electron chi connectivity index (χ1n) is 7.28. The topological polar surface area (TPSA) is 57.6 Å².